The number of carbonyl (C=O) groups excluding carboxylic acids is 1. The van der Waals surface area contributed by atoms with Gasteiger partial charge in [0.25, 0.3) is 5.91 Å². The molecule has 0 saturated carbocycles. The zero-order chi connectivity index (χ0) is 12.4. The largest absolute Gasteiger partial charge is 0.507 e. The Hall–Kier alpha value is -2.23. The van der Waals surface area contributed by atoms with Crippen LogP contribution in [0.2, 0.25) is 0 Å². The van der Waals surface area contributed by atoms with E-state index < -0.39 is 0 Å². The lowest BCUT2D eigenvalue weighted by molar-refractivity contribution is 0.0963. The summed E-state index contributed by atoms with van der Waals surface area (Å²) in [6, 6.07) is 8.50. The molecule has 2 aromatic rings. The van der Waals surface area contributed by atoms with E-state index in [1.807, 2.05) is 0 Å². The number of nitrogens with one attached hydrogen (secondary N) is 1. The van der Waals surface area contributed by atoms with Crippen molar-refractivity contribution < 1.29 is 14.6 Å². The van der Waals surface area contributed by atoms with E-state index in [2.05, 4.69) is 5.32 Å². The Morgan fingerprint density at radius 3 is 2.71 bits per heavy atom. The Balaban J connectivity index is 2.74. The van der Waals surface area contributed by atoms with Gasteiger partial charge in [0, 0.05) is 23.4 Å². The van der Waals surface area contributed by atoms with Crippen molar-refractivity contribution in [3.63, 3.8) is 0 Å². The number of methoxy groups -OCH3 is 1. The van der Waals surface area contributed by atoms with Crippen LogP contribution in [-0.2, 0) is 0 Å². The fourth-order valence-corrected chi connectivity index (χ4v) is 1.79. The van der Waals surface area contributed by atoms with Gasteiger partial charge in [-0.1, -0.05) is 12.1 Å². The highest BCUT2D eigenvalue weighted by molar-refractivity contribution is 6.02. The Kier molecular flexibility index (Phi) is 2.87. The summed E-state index contributed by atoms with van der Waals surface area (Å²) < 4.78 is 5.21. The van der Waals surface area contributed by atoms with Gasteiger partial charge in [-0.3, -0.25) is 4.79 Å². The molecule has 2 rings (SSSR count). The Morgan fingerprint density at radius 1 is 1.29 bits per heavy atom. The average molecular weight is 231 g/mol. The van der Waals surface area contributed by atoms with E-state index in [4.69, 9.17) is 4.74 Å². The third kappa shape index (κ3) is 1.89. The van der Waals surface area contributed by atoms with Gasteiger partial charge in [0.1, 0.15) is 11.5 Å². The second kappa shape index (κ2) is 4.33. The lowest BCUT2D eigenvalue weighted by atomic mass is 10.0. The first-order chi connectivity index (χ1) is 8.17. The molecule has 2 aromatic carbocycles. The molecule has 0 aliphatic rings. The number of aromatic hydroxyl groups is 1. The van der Waals surface area contributed by atoms with Crippen molar-refractivity contribution in [2.24, 2.45) is 0 Å². The second-order valence-corrected chi connectivity index (χ2v) is 3.63. The fourth-order valence-electron chi connectivity index (χ4n) is 1.79. The SMILES string of the molecule is CNC(=O)c1cc(O)c2cccc(OC)c2c1. The summed E-state index contributed by atoms with van der Waals surface area (Å²) in [5.41, 5.74) is 0.405. The predicted octanol–water partition coefficient (Wildman–Crippen LogP) is 1.91. The summed E-state index contributed by atoms with van der Waals surface area (Å²) in [5, 5.41) is 13.8. The van der Waals surface area contributed by atoms with E-state index in [1.54, 1.807) is 38.4 Å². The Labute approximate surface area is 98.8 Å². The van der Waals surface area contributed by atoms with Crippen LogP contribution in [0.15, 0.2) is 30.3 Å². The zero-order valence-corrected chi connectivity index (χ0v) is 9.65. The first kappa shape index (κ1) is 11.3. The normalized spacial score (nSPS) is 10.2. The second-order valence-electron chi connectivity index (χ2n) is 3.63. The summed E-state index contributed by atoms with van der Waals surface area (Å²) >= 11 is 0. The van der Waals surface area contributed by atoms with Crippen LogP contribution < -0.4 is 10.1 Å². The van der Waals surface area contributed by atoms with Gasteiger partial charge >= 0.3 is 0 Å². The molecule has 1 amide bonds. The molecule has 0 fully saturated rings. The van der Waals surface area contributed by atoms with E-state index in [0.29, 0.717) is 22.1 Å². The van der Waals surface area contributed by atoms with E-state index in [-0.39, 0.29) is 11.7 Å². The number of hydrogen-bond donors (Lipinski definition) is 2. The highest BCUT2D eigenvalue weighted by Crippen LogP contribution is 2.32. The van der Waals surface area contributed by atoms with Gasteiger partial charge in [-0.05, 0) is 18.2 Å². The van der Waals surface area contributed by atoms with Gasteiger partial charge in [-0.2, -0.15) is 0 Å². The fraction of sp³-hybridized carbons (Fsp3) is 0.154. The summed E-state index contributed by atoms with van der Waals surface area (Å²) in [7, 11) is 3.10. The average Bonchev–Trinajstić information content (AvgIpc) is 2.37. The molecule has 0 aromatic heterocycles. The van der Waals surface area contributed by atoms with E-state index in [9.17, 15) is 9.90 Å². The maximum absolute atomic E-state index is 11.5. The zero-order valence-electron chi connectivity index (χ0n) is 9.65. The Bertz CT molecular complexity index is 578. The van der Waals surface area contributed by atoms with Gasteiger partial charge in [-0.25, -0.2) is 0 Å². The lowest BCUT2D eigenvalue weighted by Gasteiger charge is -2.09. The number of phenolic OH excluding ortho intramolecular Hbond substituents is 1. The molecule has 0 saturated heterocycles. The predicted molar refractivity (Wildman–Crippen MR) is 65.6 cm³/mol. The van der Waals surface area contributed by atoms with Crippen LogP contribution in [0.4, 0.5) is 0 Å². The summed E-state index contributed by atoms with van der Waals surface area (Å²) in [6.07, 6.45) is 0. The third-order valence-corrected chi connectivity index (χ3v) is 2.64. The quantitative estimate of drug-likeness (QED) is 0.830. The molecule has 0 bridgehead atoms. The van der Waals surface area contributed by atoms with Crippen molar-refractivity contribution in [3.8, 4) is 11.5 Å². The standard InChI is InChI=1S/C13H13NO3/c1-14-13(16)8-6-10-9(11(15)7-8)4-3-5-12(10)17-2/h3-7,15H,1-2H3,(H,14,16). The van der Waals surface area contributed by atoms with Gasteiger partial charge in [-0.15, -0.1) is 0 Å². The van der Waals surface area contributed by atoms with Crippen molar-refractivity contribution in [3.05, 3.63) is 35.9 Å². The van der Waals surface area contributed by atoms with Crippen LogP contribution in [0, 0.1) is 0 Å². The molecule has 4 nitrogen and oxygen atoms in total. The number of benzene rings is 2. The van der Waals surface area contributed by atoms with Crippen molar-refractivity contribution in [1.29, 1.82) is 0 Å². The number of hydrogen-bond acceptors (Lipinski definition) is 3. The first-order valence-corrected chi connectivity index (χ1v) is 5.19. The molecular formula is C13H13NO3. The maximum Gasteiger partial charge on any atom is 0.251 e. The minimum absolute atomic E-state index is 0.0694. The van der Waals surface area contributed by atoms with Crippen molar-refractivity contribution in [2.75, 3.05) is 14.2 Å². The number of carbonyl (C=O) groups is 1. The van der Waals surface area contributed by atoms with E-state index in [0.717, 1.165) is 0 Å². The number of rotatable bonds is 2. The molecule has 0 radical (unpaired) electrons. The van der Waals surface area contributed by atoms with Gasteiger partial charge in [0.2, 0.25) is 0 Å². The molecule has 4 heteroatoms. The molecule has 0 spiro atoms. The van der Waals surface area contributed by atoms with Crippen LogP contribution in [0.5, 0.6) is 11.5 Å². The van der Waals surface area contributed by atoms with Gasteiger partial charge in [0.15, 0.2) is 0 Å². The smallest absolute Gasteiger partial charge is 0.251 e. The van der Waals surface area contributed by atoms with Crippen LogP contribution >= 0.6 is 0 Å². The molecule has 0 aliphatic carbocycles. The highest BCUT2D eigenvalue weighted by Gasteiger charge is 2.11. The van der Waals surface area contributed by atoms with Crippen molar-refractivity contribution in [1.82, 2.24) is 5.32 Å². The molecule has 88 valence electrons. The van der Waals surface area contributed by atoms with Gasteiger partial charge in [0.05, 0.1) is 7.11 Å². The molecule has 0 atom stereocenters. The number of ether oxygens (including phenoxy) is 1. The minimum Gasteiger partial charge on any atom is -0.507 e. The summed E-state index contributed by atoms with van der Waals surface area (Å²) in [6.45, 7) is 0. The van der Waals surface area contributed by atoms with Crippen LogP contribution in [0.1, 0.15) is 10.4 Å². The monoisotopic (exact) mass is 231 g/mol. The molecule has 0 heterocycles. The number of phenols is 1. The summed E-state index contributed by atoms with van der Waals surface area (Å²) in [5.74, 6) is 0.455. The maximum atomic E-state index is 11.5. The molecule has 0 unspecified atom stereocenters. The summed E-state index contributed by atoms with van der Waals surface area (Å²) in [4.78, 5) is 11.5. The van der Waals surface area contributed by atoms with Crippen LogP contribution in [0.3, 0.4) is 0 Å². The lowest BCUT2D eigenvalue weighted by Crippen LogP contribution is -2.17. The van der Waals surface area contributed by atoms with E-state index in [1.165, 1.54) is 6.07 Å². The Morgan fingerprint density at radius 2 is 2.06 bits per heavy atom. The number of amides is 1. The topological polar surface area (TPSA) is 58.6 Å². The minimum atomic E-state index is -0.242. The van der Waals surface area contributed by atoms with Crippen molar-refractivity contribution >= 4 is 16.7 Å². The molecule has 0 aliphatic heterocycles. The number of fused-ring (bicyclic) bond motifs is 1. The van der Waals surface area contributed by atoms with E-state index >= 15 is 0 Å². The van der Waals surface area contributed by atoms with Crippen LogP contribution in [-0.4, -0.2) is 25.2 Å². The van der Waals surface area contributed by atoms with Crippen molar-refractivity contribution in [2.45, 2.75) is 0 Å². The highest BCUT2D eigenvalue weighted by atomic mass is 16.5. The third-order valence-electron chi connectivity index (χ3n) is 2.64. The molecular weight excluding hydrogens is 218 g/mol. The van der Waals surface area contributed by atoms with Gasteiger partial charge < -0.3 is 15.2 Å². The molecule has 17 heavy (non-hydrogen) atoms. The molecule has 2 N–H and O–H groups in total. The first-order valence-electron chi connectivity index (χ1n) is 5.19. The van der Waals surface area contributed by atoms with Crippen LogP contribution in [0.25, 0.3) is 10.8 Å².